The highest BCUT2D eigenvalue weighted by Gasteiger charge is 2.16. The van der Waals surface area contributed by atoms with Crippen LogP contribution in [0.3, 0.4) is 0 Å². The number of hydrogen-bond acceptors (Lipinski definition) is 2. The van der Waals surface area contributed by atoms with Crippen molar-refractivity contribution in [2.24, 2.45) is 0 Å². The maximum atomic E-state index is 14.1. The van der Waals surface area contributed by atoms with Crippen LogP contribution in [0, 0.1) is 11.6 Å². The highest BCUT2D eigenvalue weighted by atomic mass is 19.1. The van der Waals surface area contributed by atoms with Crippen LogP contribution in [-0.2, 0) is 0 Å². The van der Waals surface area contributed by atoms with Gasteiger partial charge in [-0.3, -0.25) is 0 Å². The smallest absolute Gasteiger partial charge is 0.135 e. The van der Waals surface area contributed by atoms with Crippen LogP contribution in [0.5, 0.6) is 11.5 Å². The molecule has 0 saturated carbocycles. The summed E-state index contributed by atoms with van der Waals surface area (Å²) in [5.41, 5.74) is 0.454. The first-order valence-corrected chi connectivity index (χ1v) is 7.07. The van der Waals surface area contributed by atoms with Crippen LogP contribution in [0.2, 0.25) is 0 Å². The second kappa shape index (κ2) is 7.18. The van der Waals surface area contributed by atoms with E-state index in [9.17, 15) is 8.78 Å². The summed E-state index contributed by atoms with van der Waals surface area (Å²) in [6.45, 7) is 4.71. The quantitative estimate of drug-likeness (QED) is 0.824. The van der Waals surface area contributed by atoms with E-state index in [2.05, 4.69) is 5.32 Å². The van der Waals surface area contributed by atoms with E-state index in [0.29, 0.717) is 17.1 Å². The number of ether oxygens (including phenoxy) is 1. The summed E-state index contributed by atoms with van der Waals surface area (Å²) in [5, 5.41) is 3.23. The molecule has 0 heterocycles. The van der Waals surface area contributed by atoms with E-state index in [1.165, 1.54) is 18.2 Å². The number of nitrogens with one attached hydrogen (secondary N) is 1. The van der Waals surface area contributed by atoms with Gasteiger partial charge in [0.2, 0.25) is 0 Å². The molecule has 0 bridgehead atoms. The van der Waals surface area contributed by atoms with Crippen molar-refractivity contribution in [1.29, 1.82) is 0 Å². The third-order valence-corrected chi connectivity index (χ3v) is 3.17. The predicted molar refractivity (Wildman–Crippen MR) is 79.6 cm³/mol. The van der Waals surface area contributed by atoms with Gasteiger partial charge in [0.15, 0.2) is 0 Å². The van der Waals surface area contributed by atoms with Crippen LogP contribution < -0.4 is 10.1 Å². The van der Waals surface area contributed by atoms with Gasteiger partial charge >= 0.3 is 0 Å². The summed E-state index contributed by atoms with van der Waals surface area (Å²) in [6.07, 6.45) is 0.957. The molecule has 2 aromatic carbocycles. The van der Waals surface area contributed by atoms with Crippen molar-refractivity contribution < 1.29 is 13.5 Å². The van der Waals surface area contributed by atoms with Gasteiger partial charge in [0.25, 0.3) is 0 Å². The van der Waals surface area contributed by atoms with E-state index in [0.717, 1.165) is 13.0 Å². The van der Waals surface area contributed by atoms with Gasteiger partial charge in [0.1, 0.15) is 23.1 Å². The zero-order chi connectivity index (χ0) is 15.2. The molecule has 0 amide bonds. The monoisotopic (exact) mass is 291 g/mol. The fourth-order valence-electron chi connectivity index (χ4n) is 2.15. The van der Waals surface area contributed by atoms with Crippen molar-refractivity contribution in [3.05, 3.63) is 59.7 Å². The van der Waals surface area contributed by atoms with Gasteiger partial charge < -0.3 is 10.1 Å². The molecule has 0 radical (unpaired) electrons. The average Bonchev–Trinajstić information content (AvgIpc) is 2.45. The van der Waals surface area contributed by atoms with Gasteiger partial charge in [-0.15, -0.1) is 0 Å². The lowest BCUT2D eigenvalue weighted by atomic mass is 10.1. The largest absolute Gasteiger partial charge is 0.457 e. The molecule has 21 heavy (non-hydrogen) atoms. The lowest BCUT2D eigenvalue weighted by Crippen LogP contribution is -2.20. The van der Waals surface area contributed by atoms with E-state index in [-0.39, 0.29) is 17.7 Å². The molecule has 2 rings (SSSR count). The molecule has 0 spiro atoms. The van der Waals surface area contributed by atoms with Gasteiger partial charge in [-0.2, -0.15) is 0 Å². The molecule has 0 aliphatic rings. The van der Waals surface area contributed by atoms with Crippen LogP contribution >= 0.6 is 0 Å². The molecule has 2 nitrogen and oxygen atoms in total. The van der Waals surface area contributed by atoms with E-state index in [1.54, 1.807) is 24.3 Å². The molecule has 2 aromatic rings. The van der Waals surface area contributed by atoms with Crippen LogP contribution in [-0.4, -0.2) is 6.54 Å². The molecule has 0 aliphatic carbocycles. The minimum absolute atomic E-state index is 0.185. The zero-order valence-corrected chi connectivity index (χ0v) is 12.2. The van der Waals surface area contributed by atoms with Crippen molar-refractivity contribution in [3.63, 3.8) is 0 Å². The van der Waals surface area contributed by atoms with Crippen LogP contribution in [0.4, 0.5) is 8.78 Å². The minimum Gasteiger partial charge on any atom is -0.457 e. The zero-order valence-electron chi connectivity index (χ0n) is 12.2. The number of rotatable bonds is 6. The molecule has 112 valence electrons. The Morgan fingerprint density at radius 1 is 1.14 bits per heavy atom. The SMILES string of the molecule is CCCNC(C)c1c(F)cccc1Oc1cccc(F)c1. The molecule has 4 heteroatoms. The summed E-state index contributed by atoms with van der Waals surface area (Å²) in [7, 11) is 0. The van der Waals surface area contributed by atoms with Crippen LogP contribution in [0.15, 0.2) is 42.5 Å². The first-order valence-electron chi connectivity index (χ1n) is 7.07. The van der Waals surface area contributed by atoms with E-state index in [4.69, 9.17) is 4.74 Å². The standard InChI is InChI=1S/C17H19F2NO/c1-3-10-20-12(2)17-15(19)8-5-9-16(17)21-14-7-4-6-13(18)11-14/h4-9,11-12,20H,3,10H2,1-2H3. The number of halogens is 2. The lowest BCUT2D eigenvalue weighted by Gasteiger charge is -2.18. The maximum Gasteiger partial charge on any atom is 0.135 e. The second-order valence-electron chi connectivity index (χ2n) is 4.89. The molecule has 0 fully saturated rings. The van der Waals surface area contributed by atoms with Crippen LogP contribution in [0.1, 0.15) is 31.9 Å². The highest BCUT2D eigenvalue weighted by Crippen LogP contribution is 2.31. The predicted octanol–water partition coefficient (Wildman–Crippen LogP) is 4.82. The summed E-state index contributed by atoms with van der Waals surface area (Å²) in [5.74, 6) is 0.0314. The molecule has 0 saturated heterocycles. The first-order chi connectivity index (χ1) is 10.1. The van der Waals surface area contributed by atoms with Crippen molar-refractivity contribution in [1.82, 2.24) is 5.32 Å². The summed E-state index contributed by atoms with van der Waals surface area (Å²) >= 11 is 0. The molecule has 0 aromatic heterocycles. The van der Waals surface area contributed by atoms with Gasteiger partial charge in [0.05, 0.1) is 0 Å². The first kappa shape index (κ1) is 15.4. The topological polar surface area (TPSA) is 21.3 Å². The molecule has 1 unspecified atom stereocenters. The van der Waals surface area contributed by atoms with Crippen LogP contribution in [0.25, 0.3) is 0 Å². The number of benzene rings is 2. The maximum absolute atomic E-state index is 14.1. The van der Waals surface area contributed by atoms with Gasteiger partial charge in [-0.25, -0.2) is 8.78 Å². The van der Waals surface area contributed by atoms with Crippen molar-refractivity contribution in [3.8, 4) is 11.5 Å². The van der Waals surface area contributed by atoms with Crippen molar-refractivity contribution in [2.75, 3.05) is 6.54 Å². The Morgan fingerprint density at radius 2 is 1.90 bits per heavy atom. The van der Waals surface area contributed by atoms with E-state index >= 15 is 0 Å². The third-order valence-electron chi connectivity index (χ3n) is 3.17. The van der Waals surface area contributed by atoms with Crippen molar-refractivity contribution in [2.45, 2.75) is 26.3 Å². The average molecular weight is 291 g/mol. The van der Waals surface area contributed by atoms with Crippen molar-refractivity contribution >= 4 is 0 Å². The Labute approximate surface area is 123 Å². The molecular formula is C17H19F2NO. The van der Waals surface area contributed by atoms with E-state index in [1.807, 2.05) is 13.8 Å². The minimum atomic E-state index is -0.386. The Kier molecular flexibility index (Phi) is 5.28. The Bertz CT molecular complexity index is 601. The fourth-order valence-corrected chi connectivity index (χ4v) is 2.15. The summed E-state index contributed by atoms with van der Waals surface area (Å²) in [6, 6.07) is 10.3. The highest BCUT2D eigenvalue weighted by molar-refractivity contribution is 5.40. The Balaban J connectivity index is 2.28. The molecular weight excluding hydrogens is 272 g/mol. The molecule has 1 N–H and O–H groups in total. The second-order valence-corrected chi connectivity index (χ2v) is 4.89. The van der Waals surface area contributed by atoms with E-state index < -0.39 is 0 Å². The molecule has 1 atom stereocenters. The Morgan fingerprint density at radius 3 is 2.62 bits per heavy atom. The normalized spacial score (nSPS) is 12.2. The number of hydrogen-bond donors (Lipinski definition) is 1. The fraction of sp³-hybridized carbons (Fsp3) is 0.294. The van der Waals surface area contributed by atoms with Gasteiger partial charge in [-0.05, 0) is 44.2 Å². The third kappa shape index (κ3) is 4.02. The summed E-state index contributed by atoms with van der Waals surface area (Å²) < 4.78 is 33.0. The lowest BCUT2D eigenvalue weighted by molar-refractivity contribution is 0.442. The Hall–Kier alpha value is -1.94. The van der Waals surface area contributed by atoms with Gasteiger partial charge in [0, 0.05) is 17.7 Å². The summed E-state index contributed by atoms with van der Waals surface area (Å²) in [4.78, 5) is 0. The van der Waals surface area contributed by atoms with Gasteiger partial charge in [-0.1, -0.05) is 19.1 Å². The molecule has 0 aliphatic heterocycles.